The highest BCUT2D eigenvalue weighted by molar-refractivity contribution is 7.22. The second-order valence-corrected chi connectivity index (χ2v) is 6.41. The van der Waals surface area contributed by atoms with Gasteiger partial charge in [0.05, 0.1) is 16.6 Å². The number of carbonyl (C=O) groups excluding carboxylic acids is 1. The first kappa shape index (κ1) is 14.3. The van der Waals surface area contributed by atoms with Gasteiger partial charge < -0.3 is 15.5 Å². The van der Waals surface area contributed by atoms with Crippen molar-refractivity contribution in [1.82, 2.24) is 14.8 Å². The van der Waals surface area contributed by atoms with E-state index >= 15 is 0 Å². The van der Waals surface area contributed by atoms with E-state index in [9.17, 15) is 4.79 Å². The lowest BCUT2D eigenvalue weighted by Gasteiger charge is -2.34. The van der Waals surface area contributed by atoms with Crippen LogP contribution in [0, 0.1) is 0 Å². The van der Waals surface area contributed by atoms with Crippen molar-refractivity contribution in [1.29, 1.82) is 0 Å². The molecule has 0 radical (unpaired) electrons. The highest BCUT2D eigenvalue weighted by atomic mass is 32.1. The van der Waals surface area contributed by atoms with Gasteiger partial charge in [-0.1, -0.05) is 24.3 Å². The highest BCUT2D eigenvalue weighted by Crippen LogP contribution is 2.25. The van der Waals surface area contributed by atoms with Gasteiger partial charge in [-0.15, -0.1) is 0 Å². The number of thiazole rings is 1. The molecule has 1 aliphatic rings. The highest BCUT2D eigenvalue weighted by Gasteiger charge is 2.20. The molecule has 5 nitrogen and oxygen atoms in total. The van der Waals surface area contributed by atoms with Crippen LogP contribution in [0.4, 0.5) is 5.13 Å². The summed E-state index contributed by atoms with van der Waals surface area (Å²) in [7, 11) is 0. The quantitative estimate of drug-likeness (QED) is 0.935. The third kappa shape index (κ3) is 3.16. The van der Waals surface area contributed by atoms with E-state index in [0.29, 0.717) is 11.6 Å². The Bertz CT molecular complexity index is 646. The van der Waals surface area contributed by atoms with E-state index in [2.05, 4.69) is 16.8 Å². The van der Waals surface area contributed by atoms with E-state index in [0.717, 1.165) is 48.5 Å². The molecule has 112 valence electrons. The zero-order chi connectivity index (χ0) is 14.8. The number of hydrogen-bond donors (Lipinski definition) is 1. The molecule has 1 amide bonds. The number of rotatable bonds is 3. The molecule has 0 spiro atoms. The molecule has 0 atom stereocenters. The Morgan fingerprint density at radius 3 is 2.81 bits per heavy atom. The fourth-order valence-corrected chi connectivity index (χ4v) is 3.49. The van der Waals surface area contributed by atoms with Crippen molar-refractivity contribution in [3.05, 3.63) is 23.8 Å². The fraction of sp³-hybridized carbons (Fsp3) is 0.467. The molecule has 1 aromatic carbocycles. The Balaban J connectivity index is 1.65. The molecule has 1 saturated heterocycles. The summed E-state index contributed by atoms with van der Waals surface area (Å²) in [5.74, 6) is 0.211. The molecule has 21 heavy (non-hydrogen) atoms. The van der Waals surface area contributed by atoms with Crippen molar-refractivity contribution >= 4 is 32.6 Å². The number of amides is 1. The maximum Gasteiger partial charge on any atom is 0.227 e. The number of fused-ring (bicyclic) bond motifs is 1. The Kier molecular flexibility index (Phi) is 4.07. The molecule has 3 rings (SSSR count). The van der Waals surface area contributed by atoms with Crippen LogP contribution in [0.2, 0.25) is 0 Å². The number of likely N-dealkylation sites (N-methyl/N-ethyl adjacent to an activating group) is 1. The van der Waals surface area contributed by atoms with Gasteiger partial charge in [0.15, 0.2) is 5.13 Å². The van der Waals surface area contributed by atoms with Crippen LogP contribution in [0.5, 0.6) is 0 Å². The Morgan fingerprint density at radius 2 is 2.10 bits per heavy atom. The van der Waals surface area contributed by atoms with Gasteiger partial charge in [0.2, 0.25) is 5.91 Å². The molecule has 1 fully saturated rings. The molecule has 0 saturated carbocycles. The second kappa shape index (κ2) is 5.99. The lowest BCUT2D eigenvalue weighted by Crippen LogP contribution is -2.48. The minimum Gasteiger partial charge on any atom is -0.375 e. The summed E-state index contributed by atoms with van der Waals surface area (Å²) >= 11 is 1.47. The number of piperazine rings is 1. The van der Waals surface area contributed by atoms with Gasteiger partial charge in [-0.3, -0.25) is 4.79 Å². The smallest absolute Gasteiger partial charge is 0.227 e. The Morgan fingerprint density at radius 1 is 1.33 bits per heavy atom. The van der Waals surface area contributed by atoms with Crippen LogP contribution in [0.25, 0.3) is 10.2 Å². The summed E-state index contributed by atoms with van der Waals surface area (Å²) in [4.78, 5) is 21.0. The normalized spacial score (nSPS) is 16.5. The van der Waals surface area contributed by atoms with E-state index < -0.39 is 0 Å². The van der Waals surface area contributed by atoms with Crippen molar-refractivity contribution in [2.24, 2.45) is 0 Å². The molecular formula is C15H20N4OS. The number of carbonyl (C=O) groups is 1. The predicted octanol–water partition coefficient (Wildman–Crippen LogP) is 1.59. The average Bonchev–Trinajstić information content (AvgIpc) is 2.86. The molecule has 2 heterocycles. The molecule has 0 bridgehead atoms. The van der Waals surface area contributed by atoms with Crippen LogP contribution in [-0.4, -0.2) is 53.4 Å². The van der Waals surface area contributed by atoms with Gasteiger partial charge in [-0.25, -0.2) is 4.98 Å². The molecule has 0 aliphatic carbocycles. The standard InChI is InChI=1S/C15H20N4OS/c1-2-18-5-7-19(8-6-18)14(20)10-11-3-4-12-13(9-11)21-15(16)17-12/h3-4,9H,2,5-8,10H2,1H3,(H2,16,17). The van der Waals surface area contributed by atoms with Gasteiger partial charge in [0.1, 0.15) is 0 Å². The van der Waals surface area contributed by atoms with Crippen LogP contribution in [0.3, 0.4) is 0 Å². The van der Waals surface area contributed by atoms with E-state index in [1.807, 2.05) is 23.1 Å². The number of nitrogen functional groups attached to an aromatic ring is 1. The number of benzene rings is 1. The molecule has 0 unspecified atom stereocenters. The minimum absolute atomic E-state index is 0.211. The summed E-state index contributed by atoms with van der Waals surface area (Å²) in [5, 5.41) is 0.573. The van der Waals surface area contributed by atoms with Crippen molar-refractivity contribution in [2.45, 2.75) is 13.3 Å². The zero-order valence-electron chi connectivity index (χ0n) is 12.2. The van der Waals surface area contributed by atoms with Gasteiger partial charge in [0.25, 0.3) is 0 Å². The largest absolute Gasteiger partial charge is 0.375 e. The summed E-state index contributed by atoms with van der Waals surface area (Å²) in [5.41, 5.74) is 7.66. The number of anilines is 1. The first-order chi connectivity index (χ1) is 10.2. The lowest BCUT2D eigenvalue weighted by atomic mass is 10.1. The van der Waals surface area contributed by atoms with Crippen molar-refractivity contribution in [3.63, 3.8) is 0 Å². The number of nitrogens with zero attached hydrogens (tertiary/aromatic N) is 3. The Hall–Kier alpha value is -1.66. The van der Waals surface area contributed by atoms with Crippen LogP contribution in [0.1, 0.15) is 12.5 Å². The van der Waals surface area contributed by atoms with Crippen LogP contribution < -0.4 is 5.73 Å². The van der Waals surface area contributed by atoms with Gasteiger partial charge in [0, 0.05) is 26.2 Å². The van der Waals surface area contributed by atoms with Crippen molar-refractivity contribution in [2.75, 3.05) is 38.5 Å². The average molecular weight is 304 g/mol. The van der Waals surface area contributed by atoms with Crippen LogP contribution in [0.15, 0.2) is 18.2 Å². The van der Waals surface area contributed by atoms with Crippen molar-refractivity contribution < 1.29 is 4.79 Å². The van der Waals surface area contributed by atoms with Crippen molar-refractivity contribution in [3.8, 4) is 0 Å². The zero-order valence-corrected chi connectivity index (χ0v) is 13.0. The van der Waals surface area contributed by atoms with Crippen LogP contribution >= 0.6 is 11.3 Å². The minimum atomic E-state index is 0.211. The first-order valence-electron chi connectivity index (χ1n) is 7.31. The third-order valence-corrected chi connectivity index (χ3v) is 4.84. The third-order valence-electron chi connectivity index (χ3n) is 4.00. The summed E-state index contributed by atoms with van der Waals surface area (Å²) in [6.07, 6.45) is 0.458. The summed E-state index contributed by atoms with van der Waals surface area (Å²) in [6.45, 7) is 6.85. The molecule has 2 N–H and O–H groups in total. The van der Waals surface area contributed by atoms with Gasteiger partial charge >= 0.3 is 0 Å². The fourth-order valence-electron chi connectivity index (χ4n) is 2.70. The monoisotopic (exact) mass is 304 g/mol. The molecule has 1 aliphatic heterocycles. The van der Waals surface area contributed by atoms with E-state index in [1.54, 1.807) is 0 Å². The van der Waals surface area contributed by atoms with E-state index in [-0.39, 0.29) is 5.91 Å². The molecular weight excluding hydrogens is 284 g/mol. The predicted molar refractivity (Wildman–Crippen MR) is 86.4 cm³/mol. The summed E-state index contributed by atoms with van der Waals surface area (Å²) in [6, 6.07) is 5.95. The maximum atomic E-state index is 12.4. The topological polar surface area (TPSA) is 62.5 Å². The summed E-state index contributed by atoms with van der Waals surface area (Å²) < 4.78 is 1.05. The first-order valence-corrected chi connectivity index (χ1v) is 8.12. The van der Waals surface area contributed by atoms with Crippen LogP contribution in [-0.2, 0) is 11.2 Å². The van der Waals surface area contributed by atoms with Gasteiger partial charge in [-0.05, 0) is 24.2 Å². The van der Waals surface area contributed by atoms with E-state index in [1.165, 1.54) is 11.3 Å². The number of hydrogen-bond acceptors (Lipinski definition) is 5. The molecule has 6 heteroatoms. The van der Waals surface area contributed by atoms with E-state index in [4.69, 9.17) is 5.73 Å². The van der Waals surface area contributed by atoms with Gasteiger partial charge in [-0.2, -0.15) is 0 Å². The number of aromatic nitrogens is 1. The molecule has 1 aromatic heterocycles. The SMILES string of the molecule is CCN1CCN(C(=O)Cc2ccc3nc(N)sc3c2)CC1. The second-order valence-electron chi connectivity index (χ2n) is 5.35. The lowest BCUT2D eigenvalue weighted by molar-refractivity contribution is -0.132. The molecule has 2 aromatic rings. The Labute approximate surface area is 128 Å². The number of nitrogens with two attached hydrogens (primary N) is 1. The maximum absolute atomic E-state index is 12.4.